The molecule has 2 amide bonds. The van der Waals surface area contributed by atoms with Crippen molar-refractivity contribution in [1.29, 1.82) is 0 Å². The van der Waals surface area contributed by atoms with Crippen LogP contribution in [0.1, 0.15) is 22.8 Å². The predicted molar refractivity (Wildman–Crippen MR) is 104 cm³/mol. The van der Waals surface area contributed by atoms with E-state index in [-0.39, 0.29) is 0 Å². The first-order chi connectivity index (χ1) is 13.4. The topological polar surface area (TPSA) is 93.7 Å². The number of amides is 2. The molecule has 0 saturated heterocycles. The van der Waals surface area contributed by atoms with E-state index in [2.05, 4.69) is 10.6 Å². The minimum absolute atomic E-state index is 0.290. The minimum Gasteiger partial charge on any atom is -0.497 e. The van der Waals surface area contributed by atoms with Crippen LogP contribution >= 0.6 is 0 Å². The number of nitrogens with one attached hydrogen (secondary N) is 2. The summed E-state index contributed by atoms with van der Waals surface area (Å²) in [7, 11) is 2.80. The molecule has 148 valence electrons. The molecule has 2 rings (SSSR count). The first-order valence-corrected chi connectivity index (χ1v) is 8.81. The number of ether oxygens (including phenoxy) is 2. The highest BCUT2D eigenvalue weighted by Gasteiger charge is 2.25. The van der Waals surface area contributed by atoms with Gasteiger partial charge in [-0.1, -0.05) is 30.3 Å². The molecule has 0 aliphatic heterocycles. The van der Waals surface area contributed by atoms with Crippen molar-refractivity contribution in [1.82, 2.24) is 10.6 Å². The average Bonchev–Trinajstić information content (AvgIpc) is 2.73. The third-order valence-electron chi connectivity index (χ3n) is 4.18. The van der Waals surface area contributed by atoms with Crippen molar-refractivity contribution >= 4 is 17.8 Å². The quantitative estimate of drug-likeness (QED) is 0.676. The normalized spacial score (nSPS) is 12.4. The molecule has 7 heteroatoms. The molecule has 0 spiro atoms. The fraction of sp³-hybridized carbons (Fsp3) is 0.286. The molecular formula is C21H24N2O5. The molecule has 2 aromatic rings. The molecule has 0 radical (unpaired) electrons. The Kier molecular flexibility index (Phi) is 7.56. The maximum atomic E-state index is 12.5. The summed E-state index contributed by atoms with van der Waals surface area (Å²) in [6, 6.07) is 14.1. The van der Waals surface area contributed by atoms with Crippen LogP contribution in [0, 0.1) is 0 Å². The van der Waals surface area contributed by atoms with Gasteiger partial charge in [-0.25, -0.2) is 4.79 Å². The van der Waals surface area contributed by atoms with Gasteiger partial charge in [0.1, 0.15) is 17.8 Å². The van der Waals surface area contributed by atoms with Gasteiger partial charge in [-0.2, -0.15) is 0 Å². The summed E-state index contributed by atoms with van der Waals surface area (Å²) in [4.78, 5) is 36.8. The van der Waals surface area contributed by atoms with Gasteiger partial charge in [0.2, 0.25) is 5.91 Å². The second-order valence-electron chi connectivity index (χ2n) is 6.20. The lowest BCUT2D eigenvalue weighted by Crippen LogP contribution is -2.51. The molecule has 0 fully saturated rings. The van der Waals surface area contributed by atoms with E-state index < -0.39 is 29.9 Å². The number of carbonyl (C=O) groups excluding carboxylic acids is 3. The highest BCUT2D eigenvalue weighted by molar-refractivity contribution is 5.98. The van der Waals surface area contributed by atoms with E-state index in [0.29, 0.717) is 17.7 Å². The van der Waals surface area contributed by atoms with Crippen LogP contribution in [0.2, 0.25) is 0 Å². The van der Waals surface area contributed by atoms with Gasteiger partial charge >= 0.3 is 5.97 Å². The van der Waals surface area contributed by atoms with Crippen LogP contribution in [0.5, 0.6) is 5.75 Å². The maximum absolute atomic E-state index is 12.5. The molecule has 2 N–H and O–H groups in total. The molecule has 0 aliphatic carbocycles. The highest BCUT2D eigenvalue weighted by Crippen LogP contribution is 2.11. The Morgan fingerprint density at radius 1 is 0.929 bits per heavy atom. The molecule has 0 bridgehead atoms. The SMILES string of the molecule is COC(=O)[C@@H](Cc1ccccc1)NC(=O)[C@@H](C)NC(=O)c1ccc(OC)cc1. The van der Waals surface area contributed by atoms with E-state index in [1.165, 1.54) is 14.2 Å². The Labute approximate surface area is 164 Å². The Hall–Kier alpha value is -3.35. The number of esters is 1. The summed E-state index contributed by atoms with van der Waals surface area (Å²) in [6.45, 7) is 1.55. The van der Waals surface area contributed by atoms with Crippen molar-refractivity contribution in [3.63, 3.8) is 0 Å². The van der Waals surface area contributed by atoms with Crippen molar-refractivity contribution in [3.8, 4) is 5.75 Å². The van der Waals surface area contributed by atoms with Crippen molar-refractivity contribution < 1.29 is 23.9 Å². The lowest BCUT2D eigenvalue weighted by molar-refractivity contribution is -0.145. The summed E-state index contributed by atoms with van der Waals surface area (Å²) in [5.41, 5.74) is 1.28. The van der Waals surface area contributed by atoms with E-state index in [1.54, 1.807) is 31.2 Å². The minimum atomic E-state index is -0.847. The Morgan fingerprint density at radius 2 is 1.57 bits per heavy atom. The van der Waals surface area contributed by atoms with Gasteiger partial charge in [-0.15, -0.1) is 0 Å². The molecule has 0 aliphatic rings. The van der Waals surface area contributed by atoms with Gasteiger partial charge in [-0.05, 0) is 36.8 Å². The van der Waals surface area contributed by atoms with Crippen molar-refractivity contribution in [3.05, 3.63) is 65.7 Å². The van der Waals surface area contributed by atoms with Crippen LogP contribution in [-0.2, 0) is 20.7 Å². The first-order valence-electron chi connectivity index (χ1n) is 8.81. The van der Waals surface area contributed by atoms with Crippen LogP contribution in [0.15, 0.2) is 54.6 Å². The summed E-state index contributed by atoms with van der Waals surface area (Å²) in [5.74, 6) is -0.800. The molecule has 0 unspecified atom stereocenters. The van der Waals surface area contributed by atoms with Gasteiger partial charge in [0, 0.05) is 12.0 Å². The van der Waals surface area contributed by atoms with Gasteiger partial charge < -0.3 is 20.1 Å². The van der Waals surface area contributed by atoms with Crippen molar-refractivity contribution in [2.45, 2.75) is 25.4 Å². The number of methoxy groups -OCH3 is 2. The fourth-order valence-corrected chi connectivity index (χ4v) is 2.57. The van der Waals surface area contributed by atoms with E-state index in [4.69, 9.17) is 9.47 Å². The second-order valence-corrected chi connectivity index (χ2v) is 6.20. The van der Waals surface area contributed by atoms with E-state index >= 15 is 0 Å². The zero-order valence-corrected chi connectivity index (χ0v) is 16.1. The lowest BCUT2D eigenvalue weighted by atomic mass is 10.1. The third-order valence-corrected chi connectivity index (χ3v) is 4.18. The molecule has 7 nitrogen and oxygen atoms in total. The molecule has 0 saturated carbocycles. The molecule has 0 aromatic heterocycles. The van der Waals surface area contributed by atoms with Crippen LogP contribution < -0.4 is 15.4 Å². The van der Waals surface area contributed by atoms with E-state index in [1.807, 2.05) is 30.3 Å². The Bertz CT molecular complexity index is 805. The van der Waals surface area contributed by atoms with Crippen LogP contribution in [-0.4, -0.2) is 44.1 Å². The Balaban J connectivity index is 1.99. The lowest BCUT2D eigenvalue weighted by Gasteiger charge is -2.20. The number of benzene rings is 2. The molecule has 2 atom stereocenters. The summed E-state index contributed by atoms with van der Waals surface area (Å²) >= 11 is 0. The van der Waals surface area contributed by atoms with E-state index in [9.17, 15) is 14.4 Å². The second kappa shape index (κ2) is 10.1. The summed E-state index contributed by atoms with van der Waals surface area (Å²) in [6.07, 6.45) is 0.290. The third kappa shape index (κ3) is 5.84. The number of rotatable bonds is 8. The molecule has 0 heterocycles. The molecule has 2 aromatic carbocycles. The van der Waals surface area contributed by atoms with Crippen LogP contribution in [0.4, 0.5) is 0 Å². The standard InChI is InChI=1S/C21H24N2O5/c1-14(22-20(25)16-9-11-17(27-2)12-10-16)19(24)23-18(21(26)28-3)13-15-7-5-4-6-8-15/h4-12,14,18H,13H2,1-3H3,(H,22,25)(H,23,24)/t14-,18-/m1/s1. The van der Waals surface area contributed by atoms with Gasteiger partial charge in [0.25, 0.3) is 5.91 Å². The van der Waals surface area contributed by atoms with Gasteiger partial charge in [0.05, 0.1) is 14.2 Å². The smallest absolute Gasteiger partial charge is 0.328 e. The number of carbonyl (C=O) groups is 3. The first kappa shape index (κ1) is 21.0. The zero-order chi connectivity index (χ0) is 20.5. The number of hydrogen-bond acceptors (Lipinski definition) is 5. The highest BCUT2D eigenvalue weighted by atomic mass is 16.5. The van der Waals surface area contributed by atoms with Crippen LogP contribution in [0.25, 0.3) is 0 Å². The zero-order valence-electron chi connectivity index (χ0n) is 16.1. The molecule has 28 heavy (non-hydrogen) atoms. The fourth-order valence-electron chi connectivity index (χ4n) is 2.57. The predicted octanol–water partition coefficient (Wildman–Crippen LogP) is 1.71. The maximum Gasteiger partial charge on any atom is 0.328 e. The van der Waals surface area contributed by atoms with E-state index in [0.717, 1.165) is 5.56 Å². The average molecular weight is 384 g/mol. The largest absolute Gasteiger partial charge is 0.497 e. The molecular weight excluding hydrogens is 360 g/mol. The summed E-state index contributed by atoms with van der Waals surface area (Å²) < 4.78 is 9.84. The van der Waals surface area contributed by atoms with Gasteiger partial charge in [0.15, 0.2) is 0 Å². The number of hydrogen-bond donors (Lipinski definition) is 2. The monoisotopic (exact) mass is 384 g/mol. The van der Waals surface area contributed by atoms with Crippen molar-refractivity contribution in [2.75, 3.05) is 14.2 Å². The van der Waals surface area contributed by atoms with Gasteiger partial charge in [-0.3, -0.25) is 9.59 Å². The Morgan fingerprint density at radius 3 is 2.14 bits per heavy atom. The van der Waals surface area contributed by atoms with Crippen molar-refractivity contribution in [2.24, 2.45) is 0 Å². The van der Waals surface area contributed by atoms with Crippen LogP contribution in [0.3, 0.4) is 0 Å². The summed E-state index contributed by atoms with van der Waals surface area (Å²) in [5, 5.41) is 5.26.